The van der Waals surface area contributed by atoms with Crippen LogP contribution in [0.25, 0.3) is 22.7 Å². The fourth-order valence-electron chi connectivity index (χ4n) is 5.09. The third kappa shape index (κ3) is 7.08. The number of aryl methyl sites for hydroxylation is 2. The van der Waals surface area contributed by atoms with E-state index in [1.807, 2.05) is 45.8 Å². The topological polar surface area (TPSA) is 136 Å². The number of para-hydroxylation sites is 2. The van der Waals surface area contributed by atoms with Crippen molar-refractivity contribution >= 4 is 0 Å². The molecule has 0 spiro atoms. The van der Waals surface area contributed by atoms with Crippen LogP contribution >= 0.6 is 0 Å². The lowest BCUT2D eigenvalue weighted by atomic mass is 10.2. The maximum Gasteiger partial charge on any atom is 0.293 e. The summed E-state index contributed by atoms with van der Waals surface area (Å²) in [6.07, 6.45) is 0.545. The summed E-state index contributed by atoms with van der Waals surface area (Å²) < 4.78 is 42.5. The number of hydrogen-bond donors (Lipinski definition) is 0. The van der Waals surface area contributed by atoms with Gasteiger partial charge >= 0.3 is 0 Å². The monoisotopic (exact) mass is 611 g/mol. The van der Waals surface area contributed by atoms with Crippen molar-refractivity contribution in [3.8, 4) is 22.7 Å². The summed E-state index contributed by atoms with van der Waals surface area (Å²) in [5.41, 5.74) is 6.67. The Kier molecular flexibility index (Phi) is 9.00. The Hall–Kier alpha value is -4.71. The molecule has 2 aromatic heterocycles. The Balaban J connectivity index is 0.000000712. The molecule has 6 aromatic rings. The molecule has 0 atom stereocenters. The summed E-state index contributed by atoms with van der Waals surface area (Å²) >= 11 is 0. The molecule has 0 N–H and O–H groups in total. The second kappa shape index (κ2) is 12.9. The van der Waals surface area contributed by atoms with E-state index in [1.54, 1.807) is 0 Å². The predicted molar refractivity (Wildman–Crippen MR) is 152 cm³/mol. The first-order valence-corrected chi connectivity index (χ1v) is 15.1. The van der Waals surface area contributed by atoms with Crippen LogP contribution in [0.1, 0.15) is 34.4 Å². The van der Waals surface area contributed by atoms with Crippen molar-refractivity contribution in [3.63, 3.8) is 0 Å². The van der Waals surface area contributed by atoms with E-state index in [9.17, 15) is 0 Å². The Morgan fingerprint density at radius 2 is 0.841 bits per heavy atom. The van der Waals surface area contributed by atoms with Crippen LogP contribution < -0.4 is 27.8 Å². The lowest BCUT2D eigenvalue weighted by Crippen LogP contribution is -2.68. The maximum absolute atomic E-state index is 8.49. The van der Waals surface area contributed by atoms with E-state index in [2.05, 4.69) is 110 Å². The highest BCUT2D eigenvalue weighted by molar-refractivity contribution is 5.34. The second-order valence-electron chi connectivity index (χ2n) is 10.3. The number of rotatable bonds is 6. The first-order chi connectivity index (χ1) is 21.0. The highest BCUT2D eigenvalue weighted by atomic mass is 35.7. The lowest BCUT2D eigenvalue weighted by Gasteiger charge is -2.17. The molecule has 10 nitrogen and oxygen atoms in total. The number of benzene rings is 4. The molecule has 0 radical (unpaired) electrons. The Morgan fingerprint density at radius 1 is 0.523 bits per heavy atom. The first-order valence-electron chi connectivity index (χ1n) is 13.9. The molecule has 0 saturated heterocycles. The SMILES string of the molecule is Cc1ccc(-[n+]2c(Cc3nn(-c4ccccc4)c(C)[n+]3-c3ccc(C)cc3)nn(-c3ccccc3)c2C)cc1.[O-][Cl+3]([O-])([O-])[O-]. The zero-order valence-corrected chi connectivity index (χ0v) is 25.5. The number of hydrogen-bond acceptors (Lipinski definition) is 6. The van der Waals surface area contributed by atoms with Gasteiger partial charge < -0.3 is 0 Å². The Bertz CT molecular complexity index is 1710. The van der Waals surface area contributed by atoms with Crippen molar-refractivity contribution in [2.75, 3.05) is 0 Å². The van der Waals surface area contributed by atoms with Gasteiger partial charge in [0.15, 0.2) is 0 Å². The molecule has 0 aliphatic heterocycles. The largest absolute Gasteiger partial charge is 0.293 e. The summed E-state index contributed by atoms with van der Waals surface area (Å²) in [4.78, 5) is 0. The van der Waals surface area contributed by atoms with Gasteiger partial charge in [0.25, 0.3) is 11.6 Å². The van der Waals surface area contributed by atoms with Gasteiger partial charge in [0, 0.05) is 24.0 Å². The molecule has 11 heteroatoms. The van der Waals surface area contributed by atoms with Crippen molar-refractivity contribution in [2.45, 2.75) is 34.1 Å². The van der Waals surface area contributed by atoms with Gasteiger partial charge in [0.1, 0.15) is 29.2 Å². The molecule has 0 aliphatic rings. The third-order valence-electron chi connectivity index (χ3n) is 7.11. The van der Waals surface area contributed by atoms with Gasteiger partial charge in [-0.3, -0.25) is 0 Å². The van der Waals surface area contributed by atoms with Crippen LogP contribution in [0.4, 0.5) is 0 Å². The zero-order valence-electron chi connectivity index (χ0n) is 24.8. The minimum absolute atomic E-state index is 0.545. The molecular weight excluding hydrogens is 580 g/mol. The molecule has 44 heavy (non-hydrogen) atoms. The van der Waals surface area contributed by atoms with Gasteiger partial charge in [0.2, 0.25) is 11.6 Å². The van der Waals surface area contributed by atoms with Gasteiger partial charge in [0.05, 0.1) is 0 Å². The minimum Gasteiger partial charge on any atom is -0.222 e. The van der Waals surface area contributed by atoms with Crippen LogP contribution in [0, 0.1) is 37.9 Å². The van der Waals surface area contributed by atoms with Crippen molar-refractivity contribution < 1.29 is 38.0 Å². The molecule has 2 heterocycles. The highest BCUT2D eigenvalue weighted by Gasteiger charge is 2.32. The van der Waals surface area contributed by atoms with Crippen LogP contribution in [0.15, 0.2) is 109 Å². The normalized spacial score (nSPS) is 11.3. The summed E-state index contributed by atoms with van der Waals surface area (Å²) in [6.45, 7) is 8.45. The molecule has 0 unspecified atom stereocenters. The number of halogens is 1. The molecule has 224 valence electrons. The van der Waals surface area contributed by atoms with Crippen molar-refractivity contribution in [3.05, 3.63) is 144 Å². The fourth-order valence-corrected chi connectivity index (χ4v) is 5.09. The standard InChI is InChI=1S/C33H32N6.ClHO4/c1-24-15-19-28(20-16-24)36-26(3)38(30-11-7-5-8-12-30)34-32(36)23-33-35-39(31-13-9-6-10-14-31)27(4)37(33)29-21-17-25(2)18-22-29;2-1(3,4)5/h5-22H,23H2,1-4H3;(H,2,3,4,5)/q+2;/p-1. The zero-order chi connectivity index (χ0) is 31.4. The van der Waals surface area contributed by atoms with Gasteiger partial charge in [-0.2, -0.15) is 9.13 Å². The molecule has 0 saturated carbocycles. The quantitative estimate of drug-likeness (QED) is 0.254. The van der Waals surface area contributed by atoms with E-state index in [0.29, 0.717) is 6.42 Å². The van der Waals surface area contributed by atoms with E-state index in [1.165, 1.54) is 11.1 Å². The highest BCUT2D eigenvalue weighted by Crippen LogP contribution is 2.16. The van der Waals surface area contributed by atoms with E-state index in [4.69, 9.17) is 28.8 Å². The Morgan fingerprint density at radius 3 is 1.16 bits per heavy atom. The molecule has 6 rings (SSSR count). The van der Waals surface area contributed by atoms with E-state index < -0.39 is 10.2 Å². The van der Waals surface area contributed by atoms with E-state index in [-0.39, 0.29) is 0 Å². The van der Waals surface area contributed by atoms with Crippen LogP contribution in [0.3, 0.4) is 0 Å². The smallest absolute Gasteiger partial charge is 0.222 e. The summed E-state index contributed by atoms with van der Waals surface area (Å²) in [6, 6.07) is 37.8. The molecule has 0 amide bonds. The van der Waals surface area contributed by atoms with Crippen LogP contribution in [-0.2, 0) is 6.42 Å². The van der Waals surface area contributed by atoms with Crippen molar-refractivity contribution in [1.29, 1.82) is 0 Å². The van der Waals surface area contributed by atoms with Crippen LogP contribution in [-0.4, -0.2) is 19.6 Å². The minimum atomic E-state index is -4.94. The predicted octanol–water partition coefficient (Wildman–Crippen LogP) is 0.680. The van der Waals surface area contributed by atoms with Gasteiger partial charge in [-0.15, -0.1) is 10.2 Å². The molecular formula is C33H32ClN6O4+. The second-order valence-corrected chi connectivity index (χ2v) is 11.1. The van der Waals surface area contributed by atoms with Crippen LogP contribution in [0.2, 0.25) is 0 Å². The molecule has 0 aliphatic carbocycles. The van der Waals surface area contributed by atoms with E-state index in [0.717, 1.165) is 46.0 Å². The first kappa shape index (κ1) is 30.7. The van der Waals surface area contributed by atoms with E-state index >= 15 is 0 Å². The van der Waals surface area contributed by atoms with Crippen molar-refractivity contribution in [2.24, 2.45) is 0 Å². The summed E-state index contributed by atoms with van der Waals surface area (Å²) in [5.74, 6) is 3.89. The lowest BCUT2D eigenvalue weighted by molar-refractivity contribution is -2.00. The maximum atomic E-state index is 8.49. The number of nitrogens with zero attached hydrogens (tertiary/aromatic N) is 6. The summed E-state index contributed by atoms with van der Waals surface area (Å²) in [5, 5.41) is 10.3. The fraction of sp³-hybridized carbons (Fsp3) is 0.152. The van der Waals surface area contributed by atoms with Gasteiger partial charge in [-0.05, 0) is 62.4 Å². The third-order valence-corrected chi connectivity index (χ3v) is 7.11. The van der Waals surface area contributed by atoms with Crippen molar-refractivity contribution in [1.82, 2.24) is 19.6 Å². The molecule has 4 aromatic carbocycles. The number of aromatic nitrogens is 6. The average molecular weight is 612 g/mol. The molecule has 0 bridgehead atoms. The van der Waals surface area contributed by atoms with Gasteiger partial charge in [-0.25, -0.2) is 18.6 Å². The average Bonchev–Trinajstić information content (AvgIpc) is 3.50. The Labute approximate surface area is 257 Å². The van der Waals surface area contributed by atoms with Gasteiger partial charge in [-0.1, -0.05) is 81.2 Å². The molecule has 0 fully saturated rings. The summed E-state index contributed by atoms with van der Waals surface area (Å²) in [7, 11) is -4.94. The van der Waals surface area contributed by atoms with Crippen LogP contribution in [0.5, 0.6) is 0 Å².